The van der Waals surface area contributed by atoms with Crippen molar-refractivity contribution in [2.45, 2.75) is 0 Å². The fraction of sp³-hybridized carbons (Fsp3) is 0. The van der Waals surface area contributed by atoms with Crippen molar-refractivity contribution in [1.82, 2.24) is 4.57 Å². The molecule has 1 unspecified atom stereocenters. The fourth-order valence-corrected chi connectivity index (χ4v) is 10.3. The summed E-state index contributed by atoms with van der Waals surface area (Å²) in [6, 6.07) is 51.0. The molecule has 41 heavy (non-hydrogen) atoms. The number of hydrogen-bond acceptors (Lipinski definition) is 1. The summed E-state index contributed by atoms with van der Waals surface area (Å²) in [5, 5.41) is 9.67. The molecular formula is C38H24NOP. The molecule has 0 aliphatic carbocycles. The highest BCUT2D eigenvalue weighted by Crippen LogP contribution is 2.55. The van der Waals surface area contributed by atoms with Crippen LogP contribution >= 0.6 is 7.14 Å². The maximum atomic E-state index is 15.7. The third-order valence-electron chi connectivity index (χ3n) is 8.76. The first kappa shape index (κ1) is 22.9. The molecule has 1 atom stereocenters. The van der Waals surface area contributed by atoms with Gasteiger partial charge >= 0.3 is 0 Å². The molecule has 0 N–H and O–H groups in total. The largest absolute Gasteiger partial charge is 0.309 e. The zero-order valence-corrected chi connectivity index (χ0v) is 23.1. The normalized spacial score (nSPS) is 16.0. The van der Waals surface area contributed by atoms with Gasteiger partial charge in [0.15, 0.2) is 7.14 Å². The van der Waals surface area contributed by atoms with Gasteiger partial charge in [-0.1, -0.05) is 121 Å². The van der Waals surface area contributed by atoms with Crippen LogP contribution in [0.15, 0.2) is 146 Å². The Labute approximate surface area is 237 Å². The van der Waals surface area contributed by atoms with Crippen LogP contribution < -0.4 is 15.9 Å². The van der Waals surface area contributed by atoms with E-state index in [1.54, 1.807) is 0 Å². The van der Waals surface area contributed by atoms with E-state index in [0.29, 0.717) is 0 Å². The maximum absolute atomic E-state index is 15.7. The number of hydrogen-bond donors (Lipinski definition) is 0. The lowest BCUT2D eigenvalue weighted by Crippen LogP contribution is -2.21. The van der Waals surface area contributed by atoms with E-state index in [4.69, 9.17) is 0 Å². The summed E-state index contributed by atoms with van der Waals surface area (Å²) in [5.41, 5.74) is 5.56. The molecule has 2 heterocycles. The van der Waals surface area contributed by atoms with Crippen LogP contribution in [0.25, 0.3) is 60.2 Å². The molecule has 3 heteroatoms. The zero-order valence-electron chi connectivity index (χ0n) is 22.2. The molecule has 192 valence electrons. The van der Waals surface area contributed by atoms with Crippen LogP contribution in [0.3, 0.4) is 0 Å². The summed E-state index contributed by atoms with van der Waals surface area (Å²) in [6.45, 7) is 0. The molecule has 0 radical (unpaired) electrons. The third-order valence-corrected chi connectivity index (χ3v) is 11.9. The zero-order chi connectivity index (χ0) is 27.1. The van der Waals surface area contributed by atoms with E-state index in [1.165, 1.54) is 16.2 Å². The molecule has 0 fully saturated rings. The molecule has 7 aromatic carbocycles. The van der Waals surface area contributed by atoms with Crippen molar-refractivity contribution in [3.8, 4) is 16.8 Å². The number of nitrogens with zero attached hydrogens (tertiary/aromatic N) is 1. The summed E-state index contributed by atoms with van der Waals surface area (Å²) >= 11 is 0. The standard InChI is InChI=1S/C38H24NOP/c40-41(27-14-2-1-3-15-27)37-24-32-30-18-8-9-19-35(30)39(34-20-10-13-25-11-4-6-16-28(25)34)36(32)23-33(37)31-22-21-26-12-5-7-17-29(26)38(31)41/h1-24H. The van der Waals surface area contributed by atoms with Gasteiger partial charge < -0.3 is 9.13 Å². The van der Waals surface area contributed by atoms with Crippen LogP contribution in [-0.2, 0) is 4.57 Å². The van der Waals surface area contributed by atoms with Crippen molar-refractivity contribution >= 4 is 66.4 Å². The smallest absolute Gasteiger partial charge is 0.172 e. The topological polar surface area (TPSA) is 22.0 Å². The Hall–Kier alpha value is -4.91. The Balaban J connectivity index is 1.47. The lowest BCUT2D eigenvalue weighted by molar-refractivity contribution is 0.593. The van der Waals surface area contributed by atoms with Crippen LogP contribution in [0.1, 0.15) is 0 Å². The second-order valence-corrected chi connectivity index (χ2v) is 13.5. The minimum atomic E-state index is -3.14. The summed E-state index contributed by atoms with van der Waals surface area (Å²) in [4.78, 5) is 0. The minimum absolute atomic E-state index is 0.883. The van der Waals surface area contributed by atoms with E-state index in [1.807, 2.05) is 30.3 Å². The van der Waals surface area contributed by atoms with E-state index < -0.39 is 7.14 Å². The van der Waals surface area contributed by atoms with Crippen LogP contribution in [0.5, 0.6) is 0 Å². The highest BCUT2D eigenvalue weighted by molar-refractivity contribution is 7.86. The number of fused-ring (bicyclic) bond motifs is 9. The van der Waals surface area contributed by atoms with E-state index in [-0.39, 0.29) is 0 Å². The van der Waals surface area contributed by atoms with Crippen molar-refractivity contribution in [1.29, 1.82) is 0 Å². The summed E-state index contributed by atoms with van der Waals surface area (Å²) in [7, 11) is -3.14. The van der Waals surface area contributed by atoms with Gasteiger partial charge in [-0.25, -0.2) is 0 Å². The quantitative estimate of drug-likeness (QED) is 0.201. The Morgan fingerprint density at radius 1 is 0.463 bits per heavy atom. The van der Waals surface area contributed by atoms with Crippen LogP contribution in [0.4, 0.5) is 0 Å². The van der Waals surface area contributed by atoms with Gasteiger partial charge in [0, 0.05) is 32.1 Å². The number of benzene rings is 7. The summed E-state index contributed by atoms with van der Waals surface area (Å²) < 4.78 is 18.1. The molecule has 9 rings (SSSR count). The van der Waals surface area contributed by atoms with E-state index in [2.05, 4.69) is 120 Å². The molecule has 1 aromatic heterocycles. The monoisotopic (exact) mass is 541 g/mol. The summed E-state index contributed by atoms with van der Waals surface area (Å²) in [6.07, 6.45) is 0. The first-order valence-electron chi connectivity index (χ1n) is 14.0. The van der Waals surface area contributed by atoms with Crippen LogP contribution in [0, 0.1) is 0 Å². The number of rotatable bonds is 2. The Morgan fingerprint density at radius 2 is 1.12 bits per heavy atom. The lowest BCUT2D eigenvalue weighted by atomic mass is 10.00. The molecule has 0 saturated heterocycles. The van der Waals surface area contributed by atoms with Crippen molar-refractivity contribution in [3.63, 3.8) is 0 Å². The predicted octanol–water partition coefficient (Wildman–Crippen LogP) is 8.71. The Kier molecular flexibility index (Phi) is 4.63. The molecule has 2 nitrogen and oxygen atoms in total. The molecule has 0 spiro atoms. The van der Waals surface area contributed by atoms with E-state index in [0.717, 1.165) is 59.9 Å². The molecule has 0 saturated carbocycles. The second-order valence-electron chi connectivity index (χ2n) is 10.9. The van der Waals surface area contributed by atoms with Crippen molar-refractivity contribution in [2.24, 2.45) is 0 Å². The first-order chi connectivity index (χ1) is 20.2. The Morgan fingerprint density at radius 3 is 1.95 bits per heavy atom. The lowest BCUT2D eigenvalue weighted by Gasteiger charge is -2.18. The fourth-order valence-electron chi connectivity index (χ4n) is 6.98. The van der Waals surface area contributed by atoms with Crippen LogP contribution in [0.2, 0.25) is 0 Å². The van der Waals surface area contributed by atoms with Crippen molar-refractivity contribution in [2.75, 3.05) is 0 Å². The van der Waals surface area contributed by atoms with Gasteiger partial charge in [-0.2, -0.15) is 0 Å². The average molecular weight is 542 g/mol. The van der Waals surface area contributed by atoms with Crippen LogP contribution in [-0.4, -0.2) is 4.57 Å². The molecule has 1 aliphatic rings. The van der Waals surface area contributed by atoms with Crippen molar-refractivity contribution in [3.05, 3.63) is 146 Å². The van der Waals surface area contributed by atoms with Gasteiger partial charge in [-0.05, 0) is 51.6 Å². The number of para-hydroxylation sites is 1. The van der Waals surface area contributed by atoms with Gasteiger partial charge in [0.25, 0.3) is 0 Å². The van der Waals surface area contributed by atoms with Gasteiger partial charge in [0.1, 0.15) is 0 Å². The molecule has 8 aromatic rings. The minimum Gasteiger partial charge on any atom is -0.309 e. The van der Waals surface area contributed by atoms with E-state index in [9.17, 15) is 0 Å². The van der Waals surface area contributed by atoms with Gasteiger partial charge in [0.2, 0.25) is 0 Å². The maximum Gasteiger partial charge on any atom is 0.172 e. The van der Waals surface area contributed by atoms with Gasteiger partial charge in [-0.15, -0.1) is 0 Å². The van der Waals surface area contributed by atoms with Crippen molar-refractivity contribution < 1.29 is 4.57 Å². The third kappa shape index (κ3) is 3.00. The molecule has 1 aliphatic heterocycles. The molecular weight excluding hydrogens is 517 g/mol. The first-order valence-corrected chi connectivity index (χ1v) is 15.7. The Bertz CT molecular complexity index is 2400. The SMILES string of the molecule is O=P1(c2ccccc2)c2cc3c4ccccc4n(-c4cccc5ccccc45)c3cc2-c2ccc3ccccc3c21. The molecule has 0 amide bonds. The predicted molar refractivity (Wildman–Crippen MR) is 174 cm³/mol. The van der Waals surface area contributed by atoms with E-state index >= 15 is 4.57 Å². The average Bonchev–Trinajstić information content (AvgIpc) is 3.50. The second kappa shape index (κ2) is 8.30. The van der Waals surface area contributed by atoms with Gasteiger partial charge in [0.05, 0.1) is 16.7 Å². The summed E-state index contributed by atoms with van der Waals surface area (Å²) in [5.74, 6) is 0. The number of aromatic nitrogens is 1. The van der Waals surface area contributed by atoms with Gasteiger partial charge in [-0.3, -0.25) is 0 Å². The highest BCUT2D eigenvalue weighted by Gasteiger charge is 2.42. The highest BCUT2D eigenvalue weighted by atomic mass is 31.2. The molecule has 0 bridgehead atoms.